The first kappa shape index (κ1) is 15.0. The predicted molar refractivity (Wildman–Crippen MR) is 77.0 cm³/mol. The van der Waals surface area contributed by atoms with Gasteiger partial charge in [-0.1, -0.05) is 6.92 Å². The second-order valence-electron chi connectivity index (χ2n) is 5.51. The zero-order valence-electron chi connectivity index (χ0n) is 12.2. The number of anilines is 1. The monoisotopic (exact) mass is 281 g/mol. The summed E-state index contributed by atoms with van der Waals surface area (Å²) < 4.78 is 6.12. The van der Waals surface area contributed by atoms with Crippen LogP contribution in [0.3, 0.4) is 0 Å². The summed E-state index contributed by atoms with van der Waals surface area (Å²) in [5.41, 5.74) is 0.690. The van der Waals surface area contributed by atoms with Gasteiger partial charge in [-0.2, -0.15) is 5.10 Å². The molecule has 2 rings (SSSR count). The third-order valence-electron chi connectivity index (χ3n) is 3.75. The molecule has 0 bridgehead atoms. The molecule has 1 aromatic heterocycles. The summed E-state index contributed by atoms with van der Waals surface area (Å²) in [6.45, 7) is 4.55. The van der Waals surface area contributed by atoms with Crippen molar-refractivity contribution in [2.75, 3.05) is 31.7 Å². The van der Waals surface area contributed by atoms with Crippen LogP contribution in [-0.4, -0.2) is 47.8 Å². The number of aliphatic hydroxyl groups is 1. The molecular weight excluding hydrogens is 258 g/mol. The van der Waals surface area contributed by atoms with Crippen molar-refractivity contribution >= 4 is 5.69 Å². The van der Waals surface area contributed by atoms with E-state index >= 15 is 0 Å². The van der Waals surface area contributed by atoms with Crippen LogP contribution in [0.25, 0.3) is 0 Å². The Morgan fingerprint density at radius 3 is 2.80 bits per heavy atom. The zero-order valence-corrected chi connectivity index (χ0v) is 12.2. The lowest BCUT2D eigenvalue weighted by Crippen LogP contribution is -2.35. The minimum absolute atomic E-state index is 0.157. The Morgan fingerprint density at radius 1 is 1.50 bits per heavy atom. The van der Waals surface area contributed by atoms with Crippen LogP contribution in [0.4, 0.5) is 5.69 Å². The van der Waals surface area contributed by atoms with Gasteiger partial charge in [0.1, 0.15) is 0 Å². The molecule has 1 aliphatic rings. The fourth-order valence-corrected chi connectivity index (χ4v) is 2.45. The van der Waals surface area contributed by atoms with Crippen LogP contribution in [0.1, 0.15) is 19.8 Å². The molecule has 0 aromatic carbocycles. The van der Waals surface area contributed by atoms with Crippen LogP contribution in [0.2, 0.25) is 0 Å². The Kier molecular flexibility index (Phi) is 5.14. The minimum Gasteiger partial charge on any atom is -0.389 e. The number of hydrogen-bond acceptors (Lipinski definition) is 5. The molecule has 1 fully saturated rings. The van der Waals surface area contributed by atoms with Gasteiger partial charge in [0, 0.05) is 26.3 Å². The quantitative estimate of drug-likeness (QED) is 0.850. The van der Waals surface area contributed by atoms with Crippen LogP contribution in [0, 0.1) is 5.92 Å². The first-order chi connectivity index (χ1) is 9.60. The van der Waals surface area contributed by atoms with Crippen molar-refractivity contribution in [3.63, 3.8) is 0 Å². The molecule has 0 saturated carbocycles. The zero-order chi connectivity index (χ0) is 14.5. The number of aliphatic hydroxyl groups excluding tert-OH is 1. The van der Waals surface area contributed by atoms with Gasteiger partial charge < -0.3 is 14.7 Å². The van der Waals surface area contributed by atoms with Crippen molar-refractivity contribution in [3.8, 4) is 0 Å². The average Bonchev–Trinajstić information content (AvgIpc) is 2.42. The average molecular weight is 281 g/mol. The highest BCUT2D eigenvalue weighted by atomic mass is 16.5. The molecule has 0 radical (unpaired) electrons. The fraction of sp³-hybridized carbons (Fsp3) is 0.714. The molecule has 0 amide bonds. The normalized spacial score (nSPS) is 18.2. The lowest BCUT2D eigenvalue weighted by Gasteiger charge is -2.31. The largest absolute Gasteiger partial charge is 0.389 e. The van der Waals surface area contributed by atoms with Gasteiger partial charge in [-0.15, -0.1) is 0 Å². The van der Waals surface area contributed by atoms with Crippen molar-refractivity contribution in [1.82, 2.24) is 9.78 Å². The van der Waals surface area contributed by atoms with Gasteiger partial charge in [0.05, 0.1) is 31.1 Å². The van der Waals surface area contributed by atoms with E-state index in [1.165, 1.54) is 11.8 Å². The Labute approximate surface area is 119 Å². The Morgan fingerprint density at radius 2 is 2.20 bits per heavy atom. The maximum Gasteiger partial charge on any atom is 0.268 e. The number of methoxy groups -OCH3 is 1. The molecule has 112 valence electrons. The van der Waals surface area contributed by atoms with Gasteiger partial charge in [-0.25, -0.2) is 4.68 Å². The molecule has 1 unspecified atom stereocenters. The lowest BCUT2D eigenvalue weighted by molar-refractivity contribution is 0.0504. The van der Waals surface area contributed by atoms with Crippen molar-refractivity contribution in [1.29, 1.82) is 0 Å². The van der Waals surface area contributed by atoms with E-state index in [1.54, 1.807) is 12.3 Å². The van der Waals surface area contributed by atoms with Gasteiger partial charge in [0.15, 0.2) is 0 Å². The second-order valence-corrected chi connectivity index (χ2v) is 5.51. The van der Waals surface area contributed by atoms with Crippen molar-refractivity contribution in [2.24, 2.45) is 5.92 Å². The number of ether oxygens (including phenoxy) is 1. The first-order valence-electron chi connectivity index (χ1n) is 7.09. The molecule has 1 saturated heterocycles. The van der Waals surface area contributed by atoms with Crippen LogP contribution < -0.4 is 10.5 Å². The van der Waals surface area contributed by atoms with Crippen molar-refractivity contribution in [3.05, 3.63) is 22.6 Å². The van der Waals surface area contributed by atoms with E-state index in [9.17, 15) is 9.90 Å². The Hall–Kier alpha value is -1.40. The van der Waals surface area contributed by atoms with Gasteiger partial charge in [-0.3, -0.25) is 4.79 Å². The third-order valence-corrected chi connectivity index (χ3v) is 3.75. The molecular formula is C14H23N3O3. The predicted octanol–water partition coefficient (Wildman–Crippen LogP) is 0.487. The van der Waals surface area contributed by atoms with E-state index in [0.717, 1.165) is 37.5 Å². The van der Waals surface area contributed by atoms with E-state index in [0.29, 0.717) is 0 Å². The molecule has 0 aliphatic carbocycles. The number of aromatic nitrogens is 2. The van der Waals surface area contributed by atoms with E-state index in [2.05, 4.69) is 16.9 Å². The highest BCUT2D eigenvalue weighted by Crippen LogP contribution is 2.20. The van der Waals surface area contributed by atoms with Gasteiger partial charge in [0.25, 0.3) is 5.56 Å². The van der Waals surface area contributed by atoms with Crippen LogP contribution in [-0.2, 0) is 11.3 Å². The summed E-state index contributed by atoms with van der Waals surface area (Å²) >= 11 is 0. The molecule has 1 aromatic rings. The summed E-state index contributed by atoms with van der Waals surface area (Å²) in [5.74, 6) is 0.753. The van der Waals surface area contributed by atoms with E-state index in [1.807, 2.05) is 0 Å². The summed E-state index contributed by atoms with van der Waals surface area (Å²) in [6.07, 6.45) is 3.29. The molecule has 0 spiro atoms. The summed E-state index contributed by atoms with van der Waals surface area (Å²) in [7, 11) is 1.51. The fourth-order valence-electron chi connectivity index (χ4n) is 2.45. The van der Waals surface area contributed by atoms with Gasteiger partial charge >= 0.3 is 0 Å². The smallest absolute Gasteiger partial charge is 0.268 e. The SMILES string of the molecule is COCC(O)Cn1ncc(N2CCC(C)CC2)cc1=O. The van der Waals surface area contributed by atoms with Gasteiger partial charge in [-0.05, 0) is 18.8 Å². The molecule has 1 N–H and O–H groups in total. The van der Waals surface area contributed by atoms with E-state index in [4.69, 9.17) is 4.74 Å². The number of nitrogens with zero attached hydrogens (tertiary/aromatic N) is 3. The summed E-state index contributed by atoms with van der Waals surface area (Å²) in [5, 5.41) is 13.8. The standard InChI is InChI=1S/C14H23N3O3/c1-11-3-5-16(6-4-11)12-7-14(19)17(15-8-12)9-13(18)10-20-2/h7-8,11,13,18H,3-6,9-10H2,1-2H3. The summed E-state index contributed by atoms with van der Waals surface area (Å²) in [6, 6.07) is 1.60. The van der Waals surface area contributed by atoms with Crippen molar-refractivity contribution < 1.29 is 9.84 Å². The second kappa shape index (κ2) is 6.85. The highest BCUT2D eigenvalue weighted by Gasteiger charge is 2.17. The first-order valence-corrected chi connectivity index (χ1v) is 7.09. The lowest BCUT2D eigenvalue weighted by atomic mass is 9.99. The molecule has 2 heterocycles. The molecule has 1 aliphatic heterocycles. The van der Waals surface area contributed by atoms with Crippen LogP contribution in [0.5, 0.6) is 0 Å². The maximum absolute atomic E-state index is 12.0. The molecule has 20 heavy (non-hydrogen) atoms. The van der Waals surface area contributed by atoms with Crippen LogP contribution in [0.15, 0.2) is 17.1 Å². The number of hydrogen-bond donors (Lipinski definition) is 1. The van der Waals surface area contributed by atoms with Crippen LogP contribution >= 0.6 is 0 Å². The number of rotatable bonds is 5. The molecule has 6 nitrogen and oxygen atoms in total. The van der Waals surface area contributed by atoms with E-state index < -0.39 is 6.10 Å². The number of piperidine rings is 1. The highest BCUT2D eigenvalue weighted by molar-refractivity contribution is 5.43. The maximum atomic E-state index is 12.0. The topological polar surface area (TPSA) is 67.6 Å². The molecule has 1 atom stereocenters. The Bertz CT molecular complexity index is 481. The summed E-state index contributed by atoms with van der Waals surface area (Å²) in [4.78, 5) is 14.2. The molecule has 6 heteroatoms. The minimum atomic E-state index is -0.716. The van der Waals surface area contributed by atoms with E-state index in [-0.39, 0.29) is 18.7 Å². The third kappa shape index (κ3) is 3.80. The van der Waals surface area contributed by atoms with Gasteiger partial charge in [0.2, 0.25) is 0 Å². The Balaban J connectivity index is 2.04. The van der Waals surface area contributed by atoms with Crippen molar-refractivity contribution in [2.45, 2.75) is 32.4 Å².